The van der Waals surface area contributed by atoms with Gasteiger partial charge in [0.2, 0.25) is 0 Å². The van der Waals surface area contributed by atoms with Crippen LogP contribution in [0, 0.1) is 3.57 Å². The van der Waals surface area contributed by atoms with E-state index < -0.39 is 0 Å². The van der Waals surface area contributed by atoms with Crippen LogP contribution in [-0.2, 0) is 4.79 Å². The average Bonchev–Trinajstić information content (AvgIpc) is 2.76. The number of hydrogen-bond acceptors (Lipinski definition) is 5. The number of likely N-dealkylation sites (N-methyl/N-ethyl adjacent to an activating group) is 1. The van der Waals surface area contributed by atoms with Gasteiger partial charge in [-0.05, 0) is 74.1 Å². The molecule has 130 valence electrons. The fourth-order valence-corrected chi connectivity index (χ4v) is 4.35. The third-order valence-electron chi connectivity index (χ3n) is 3.17. The molecule has 0 spiro atoms. The predicted octanol–water partition coefficient (Wildman–Crippen LogP) is 4.70. The van der Waals surface area contributed by atoms with E-state index in [2.05, 4.69) is 22.6 Å². The summed E-state index contributed by atoms with van der Waals surface area (Å²) in [6.45, 7) is 8.95. The molecule has 24 heavy (non-hydrogen) atoms. The average molecular weight is 477 g/mol. The summed E-state index contributed by atoms with van der Waals surface area (Å²) in [6, 6.07) is 3.89. The smallest absolute Gasteiger partial charge is 0.266 e. The Labute approximate surface area is 166 Å². The highest BCUT2D eigenvalue weighted by molar-refractivity contribution is 14.1. The molecule has 0 atom stereocenters. The molecule has 0 radical (unpaired) electrons. The van der Waals surface area contributed by atoms with Gasteiger partial charge < -0.3 is 9.47 Å². The fraction of sp³-hybridized carbons (Fsp3) is 0.412. The lowest BCUT2D eigenvalue weighted by Crippen LogP contribution is -2.27. The minimum atomic E-state index is -0.0389. The van der Waals surface area contributed by atoms with Crippen LogP contribution in [0.4, 0.5) is 0 Å². The summed E-state index contributed by atoms with van der Waals surface area (Å²) in [5, 5.41) is 0. The van der Waals surface area contributed by atoms with Crippen LogP contribution >= 0.6 is 46.6 Å². The molecule has 0 bridgehead atoms. The van der Waals surface area contributed by atoms with Gasteiger partial charge in [-0.1, -0.05) is 24.0 Å². The van der Waals surface area contributed by atoms with Gasteiger partial charge in [-0.15, -0.1) is 0 Å². The second-order valence-electron chi connectivity index (χ2n) is 5.36. The van der Waals surface area contributed by atoms with E-state index in [0.717, 1.165) is 14.9 Å². The zero-order chi connectivity index (χ0) is 17.9. The summed E-state index contributed by atoms with van der Waals surface area (Å²) in [6.07, 6.45) is 1.92. The molecule has 1 aliphatic heterocycles. The first-order chi connectivity index (χ1) is 11.4. The second-order valence-corrected chi connectivity index (χ2v) is 8.19. The van der Waals surface area contributed by atoms with Crippen LogP contribution in [0.15, 0.2) is 17.0 Å². The molecule has 1 aliphatic rings. The topological polar surface area (TPSA) is 38.8 Å². The molecule has 0 aromatic heterocycles. The number of ether oxygens (including phenoxy) is 2. The van der Waals surface area contributed by atoms with Crippen LogP contribution in [0.25, 0.3) is 6.08 Å². The van der Waals surface area contributed by atoms with Gasteiger partial charge in [-0.25, -0.2) is 0 Å². The van der Waals surface area contributed by atoms with Gasteiger partial charge in [0, 0.05) is 6.54 Å². The molecule has 0 aliphatic carbocycles. The van der Waals surface area contributed by atoms with Crippen molar-refractivity contribution in [2.45, 2.75) is 33.8 Å². The van der Waals surface area contributed by atoms with Crippen molar-refractivity contribution in [3.63, 3.8) is 0 Å². The monoisotopic (exact) mass is 477 g/mol. The highest BCUT2D eigenvalue weighted by Crippen LogP contribution is 2.37. The Bertz CT molecular complexity index is 689. The largest absolute Gasteiger partial charge is 0.490 e. The number of rotatable bonds is 6. The maximum Gasteiger partial charge on any atom is 0.266 e. The fourth-order valence-electron chi connectivity index (χ4n) is 2.21. The predicted molar refractivity (Wildman–Crippen MR) is 112 cm³/mol. The molecule has 1 fully saturated rings. The van der Waals surface area contributed by atoms with Crippen molar-refractivity contribution in [1.82, 2.24) is 4.90 Å². The molecule has 1 amide bonds. The molecule has 0 unspecified atom stereocenters. The molecule has 1 aromatic rings. The molecule has 4 nitrogen and oxygen atoms in total. The molecule has 0 saturated carbocycles. The van der Waals surface area contributed by atoms with Gasteiger partial charge in [-0.3, -0.25) is 9.69 Å². The summed E-state index contributed by atoms with van der Waals surface area (Å²) in [5.41, 5.74) is 0.899. The second kappa shape index (κ2) is 8.53. The highest BCUT2D eigenvalue weighted by Gasteiger charge is 2.30. The van der Waals surface area contributed by atoms with Crippen molar-refractivity contribution in [3.8, 4) is 11.5 Å². The van der Waals surface area contributed by atoms with Crippen LogP contribution in [0.5, 0.6) is 11.5 Å². The zero-order valence-corrected chi connectivity index (χ0v) is 17.9. The number of halogens is 1. The number of thioether (sulfide) groups is 1. The van der Waals surface area contributed by atoms with E-state index in [9.17, 15) is 4.79 Å². The third kappa shape index (κ3) is 4.43. The standard InChI is InChI=1S/C17H20INO3S2/c1-5-19-16(20)14(24-17(19)23)9-11-7-12(18)15(22-10(3)4)13(8-11)21-6-2/h7-10H,5-6H2,1-4H3. The molecule has 1 heterocycles. The van der Waals surface area contributed by atoms with Gasteiger partial charge in [0.1, 0.15) is 4.32 Å². The highest BCUT2D eigenvalue weighted by atomic mass is 127. The van der Waals surface area contributed by atoms with Gasteiger partial charge in [0.15, 0.2) is 11.5 Å². The summed E-state index contributed by atoms with van der Waals surface area (Å²) < 4.78 is 13.2. The molecular formula is C17H20INO3S2. The number of hydrogen-bond donors (Lipinski definition) is 0. The Morgan fingerprint density at radius 2 is 2.08 bits per heavy atom. The SMILES string of the molecule is CCOc1cc(C=C2SC(=S)N(CC)C2=O)cc(I)c1OC(C)C. The van der Waals surface area contributed by atoms with E-state index >= 15 is 0 Å². The van der Waals surface area contributed by atoms with E-state index in [4.69, 9.17) is 21.7 Å². The Morgan fingerprint density at radius 3 is 2.62 bits per heavy atom. The Hall–Kier alpha value is -0.800. The van der Waals surface area contributed by atoms with Crippen molar-refractivity contribution in [1.29, 1.82) is 0 Å². The maximum absolute atomic E-state index is 12.4. The van der Waals surface area contributed by atoms with Crippen molar-refractivity contribution in [2.75, 3.05) is 13.2 Å². The number of amides is 1. The first-order valence-electron chi connectivity index (χ1n) is 7.75. The third-order valence-corrected chi connectivity index (χ3v) is 5.35. The van der Waals surface area contributed by atoms with E-state index in [-0.39, 0.29) is 12.0 Å². The molecule has 1 aromatic carbocycles. The number of nitrogens with zero attached hydrogens (tertiary/aromatic N) is 1. The summed E-state index contributed by atoms with van der Waals surface area (Å²) in [5.74, 6) is 1.39. The normalized spacial score (nSPS) is 16.4. The van der Waals surface area contributed by atoms with Crippen molar-refractivity contribution >= 4 is 62.9 Å². The zero-order valence-electron chi connectivity index (χ0n) is 14.1. The summed E-state index contributed by atoms with van der Waals surface area (Å²) in [7, 11) is 0. The lowest BCUT2D eigenvalue weighted by molar-refractivity contribution is -0.121. The molecular weight excluding hydrogens is 457 g/mol. The number of benzene rings is 1. The van der Waals surface area contributed by atoms with Gasteiger partial charge in [0.25, 0.3) is 5.91 Å². The van der Waals surface area contributed by atoms with Crippen molar-refractivity contribution < 1.29 is 14.3 Å². The molecule has 7 heteroatoms. The quantitative estimate of drug-likeness (QED) is 0.338. The lowest BCUT2D eigenvalue weighted by atomic mass is 10.1. The van der Waals surface area contributed by atoms with Crippen LogP contribution < -0.4 is 9.47 Å². The van der Waals surface area contributed by atoms with Gasteiger partial charge in [-0.2, -0.15) is 0 Å². The molecule has 0 N–H and O–H groups in total. The first kappa shape index (κ1) is 19.5. The van der Waals surface area contributed by atoms with Crippen LogP contribution in [0.1, 0.15) is 33.3 Å². The van der Waals surface area contributed by atoms with Crippen LogP contribution in [-0.4, -0.2) is 34.4 Å². The number of carbonyl (C=O) groups is 1. The lowest BCUT2D eigenvalue weighted by Gasteiger charge is -2.17. The van der Waals surface area contributed by atoms with Crippen molar-refractivity contribution in [2.24, 2.45) is 0 Å². The van der Waals surface area contributed by atoms with E-state index in [0.29, 0.717) is 28.1 Å². The summed E-state index contributed by atoms with van der Waals surface area (Å²) >= 11 is 8.82. The first-order valence-corrected chi connectivity index (χ1v) is 10.1. The number of carbonyl (C=O) groups excluding carboxylic acids is 1. The Balaban J connectivity index is 2.40. The maximum atomic E-state index is 12.4. The number of thiocarbonyl (C=S) groups is 1. The van der Waals surface area contributed by atoms with Crippen LogP contribution in [0.2, 0.25) is 0 Å². The minimum absolute atomic E-state index is 0.0389. The van der Waals surface area contributed by atoms with Crippen LogP contribution in [0.3, 0.4) is 0 Å². The Kier molecular flexibility index (Phi) is 6.94. The summed E-state index contributed by atoms with van der Waals surface area (Å²) in [4.78, 5) is 14.6. The van der Waals surface area contributed by atoms with E-state index in [1.165, 1.54) is 11.8 Å². The molecule has 2 rings (SSSR count). The molecule has 1 saturated heterocycles. The van der Waals surface area contributed by atoms with Gasteiger partial charge >= 0.3 is 0 Å². The van der Waals surface area contributed by atoms with E-state index in [1.807, 2.05) is 45.9 Å². The minimum Gasteiger partial charge on any atom is -0.490 e. The van der Waals surface area contributed by atoms with E-state index in [1.54, 1.807) is 4.90 Å². The Morgan fingerprint density at radius 1 is 1.38 bits per heavy atom. The van der Waals surface area contributed by atoms with Crippen molar-refractivity contribution in [3.05, 3.63) is 26.2 Å². The van der Waals surface area contributed by atoms with Gasteiger partial charge in [0.05, 0.1) is 21.2 Å².